The maximum atomic E-state index is 11.8. The lowest BCUT2D eigenvalue weighted by atomic mass is 10.5. The Morgan fingerprint density at radius 2 is 2.12 bits per heavy atom. The molecule has 0 aromatic carbocycles. The topological polar surface area (TPSA) is 86.0 Å². The van der Waals surface area contributed by atoms with Crippen LogP contribution in [0, 0.1) is 0 Å². The Kier molecular flexibility index (Phi) is 3.95. The van der Waals surface area contributed by atoms with Crippen LogP contribution in [-0.4, -0.2) is 33.5 Å². The first-order valence-corrected chi connectivity index (χ1v) is 6.15. The molecule has 1 aromatic heterocycles. The smallest absolute Gasteiger partial charge is 0.352 e. The van der Waals surface area contributed by atoms with Crippen LogP contribution in [0.5, 0.6) is 0 Å². The Morgan fingerprint density at radius 1 is 1.50 bits per heavy atom. The van der Waals surface area contributed by atoms with E-state index in [1.54, 1.807) is 13.6 Å². The van der Waals surface area contributed by atoms with Crippen molar-refractivity contribution in [3.63, 3.8) is 0 Å². The Morgan fingerprint density at radius 3 is 2.56 bits per heavy atom. The van der Waals surface area contributed by atoms with Gasteiger partial charge in [-0.15, -0.1) is 0 Å². The molecule has 16 heavy (non-hydrogen) atoms. The summed E-state index contributed by atoms with van der Waals surface area (Å²) in [6, 6.07) is 0. The molecule has 0 aliphatic rings. The van der Waals surface area contributed by atoms with E-state index in [4.69, 9.17) is 0 Å². The normalized spacial score (nSPS) is 10.9. The summed E-state index contributed by atoms with van der Waals surface area (Å²) in [5, 5.41) is 2.34. The van der Waals surface area contributed by atoms with Crippen molar-refractivity contribution >= 4 is 14.6 Å². The number of hydrogen-bond acceptors (Lipinski definition) is 4. The van der Waals surface area contributed by atoms with Gasteiger partial charge in [-0.3, -0.25) is 9.13 Å². The summed E-state index contributed by atoms with van der Waals surface area (Å²) < 4.78 is 2.19. The van der Waals surface area contributed by atoms with E-state index in [9.17, 15) is 14.4 Å². The molecule has 1 amide bonds. The van der Waals surface area contributed by atoms with Crippen LogP contribution in [0.1, 0.15) is 17.5 Å². The molecule has 1 rings (SSSR count). The first kappa shape index (κ1) is 12.6. The molecular weight excluding hydrogens is 231 g/mol. The van der Waals surface area contributed by atoms with Crippen LogP contribution in [0.3, 0.4) is 0 Å². The van der Waals surface area contributed by atoms with Gasteiger partial charge in [-0.2, -0.15) is 4.98 Å². The van der Waals surface area contributed by atoms with E-state index in [-0.39, 0.29) is 21.1 Å². The summed E-state index contributed by atoms with van der Waals surface area (Å²) in [6.07, 6.45) is 0. The van der Waals surface area contributed by atoms with Gasteiger partial charge in [-0.05, 0) is 22.3 Å². The summed E-state index contributed by atoms with van der Waals surface area (Å²) in [7, 11) is 1.46. The van der Waals surface area contributed by atoms with Gasteiger partial charge in [0.05, 0.1) is 0 Å². The molecule has 0 radical (unpaired) electrons. The number of nitrogens with one attached hydrogen (secondary N) is 1. The maximum absolute atomic E-state index is 11.8. The predicted octanol–water partition coefficient (Wildman–Crippen LogP) is -1.14. The maximum Gasteiger partial charge on any atom is 0.353 e. The van der Waals surface area contributed by atoms with Crippen LogP contribution in [0.15, 0.2) is 9.59 Å². The molecule has 0 bridgehead atoms. The number of carbonyl (C=O) groups is 1. The van der Waals surface area contributed by atoms with Gasteiger partial charge in [0, 0.05) is 13.6 Å². The summed E-state index contributed by atoms with van der Waals surface area (Å²) in [6.45, 7) is 3.65. The number of amides is 1. The van der Waals surface area contributed by atoms with Crippen LogP contribution in [0.25, 0.3) is 0 Å². The lowest BCUT2D eigenvalue weighted by Gasteiger charge is -2.09. The van der Waals surface area contributed by atoms with Gasteiger partial charge in [0.1, 0.15) is 0 Å². The first-order chi connectivity index (χ1) is 7.56. The molecule has 1 unspecified atom stereocenters. The van der Waals surface area contributed by atoms with Crippen molar-refractivity contribution in [2.75, 3.05) is 13.7 Å². The number of carbonyl (C=O) groups excluding carboxylic acids is 1. The minimum Gasteiger partial charge on any atom is -0.352 e. The second kappa shape index (κ2) is 5.03. The van der Waals surface area contributed by atoms with Gasteiger partial charge >= 0.3 is 11.4 Å². The van der Waals surface area contributed by atoms with Crippen molar-refractivity contribution < 1.29 is 4.79 Å². The third-order valence-electron chi connectivity index (χ3n) is 2.04. The first-order valence-electron chi connectivity index (χ1n) is 4.70. The van der Waals surface area contributed by atoms with Gasteiger partial charge in [0.2, 0.25) is 5.82 Å². The zero-order valence-corrected chi connectivity index (χ0v) is 10.3. The van der Waals surface area contributed by atoms with Crippen LogP contribution in [0.4, 0.5) is 0 Å². The third-order valence-corrected chi connectivity index (χ3v) is 2.89. The van der Waals surface area contributed by atoms with Crippen molar-refractivity contribution in [3.05, 3.63) is 26.8 Å². The highest BCUT2D eigenvalue weighted by atomic mass is 31.1. The van der Waals surface area contributed by atoms with E-state index in [0.717, 1.165) is 4.57 Å². The van der Waals surface area contributed by atoms with Crippen LogP contribution in [-0.2, 0) is 6.54 Å². The van der Waals surface area contributed by atoms with Crippen LogP contribution < -0.4 is 16.7 Å². The highest BCUT2D eigenvalue weighted by Crippen LogP contribution is 2.06. The average molecular weight is 244 g/mol. The Labute approximate surface area is 93.3 Å². The van der Waals surface area contributed by atoms with Gasteiger partial charge in [-0.1, -0.05) is 0 Å². The lowest BCUT2D eigenvalue weighted by Crippen LogP contribution is -2.43. The molecule has 88 valence electrons. The van der Waals surface area contributed by atoms with E-state index in [2.05, 4.69) is 10.3 Å². The van der Waals surface area contributed by atoms with E-state index in [1.165, 1.54) is 11.4 Å². The summed E-state index contributed by atoms with van der Waals surface area (Å²) >= 11 is 0. The Bertz CT molecular complexity index is 519. The largest absolute Gasteiger partial charge is 0.353 e. The molecule has 7 nitrogen and oxygen atoms in total. The van der Waals surface area contributed by atoms with Gasteiger partial charge in [0.25, 0.3) is 5.91 Å². The molecule has 1 aromatic rings. The molecule has 0 fully saturated rings. The van der Waals surface area contributed by atoms with E-state index >= 15 is 0 Å². The molecule has 0 spiro atoms. The minimum absolute atomic E-state index is 0.0404. The molecule has 8 heteroatoms. The zero-order valence-electron chi connectivity index (χ0n) is 9.27. The molecule has 1 heterocycles. The number of aromatic nitrogens is 3. The van der Waals surface area contributed by atoms with Gasteiger partial charge in [-0.25, -0.2) is 14.2 Å². The quantitative estimate of drug-likeness (QED) is 0.681. The van der Waals surface area contributed by atoms with Gasteiger partial charge in [0.15, 0.2) is 0 Å². The number of nitrogens with zero attached hydrogens (tertiary/aromatic N) is 3. The molecule has 0 aliphatic heterocycles. The highest BCUT2D eigenvalue weighted by molar-refractivity contribution is 7.35. The van der Waals surface area contributed by atoms with E-state index in [0.29, 0.717) is 0 Å². The molecule has 1 N–H and O–H groups in total. The Hall–Kier alpha value is -1.49. The fraction of sp³-hybridized carbons (Fsp3) is 0.500. The highest BCUT2D eigenvalue weighted by Gasteiger charge is 2.16. The number of rotatable bonds is 3. The number of hydrogen-bond donors (Lipinski definition) is 1. The molecule has 0 aliphatic carbocycles. The van der Waals surface area contributed by atoms with E-state index < -0.39 is 17.3 Å². The van der Waals surface area contributed by atoms with Gasteiger partial charge < -0.3 is 5.32 Å². The van der Waals surface area contributed by atoms with Crippen LogP contribution in [0.2, 0.25) is 0 Å². The fourth-order valence-electron chi connectivity index (χ4n) is 1.23. The minimum atomic E-state index is -0.694. The van der Waals surface area contributed by atoms with Crippen molar-refractivity contribution in [3.8, 4) is 0 Å². The van der Waals surface area contributed by atoms with Crippen molar-refractivity contribution in [2.24, 2.45) is 0 Å². The predicted molar refractivity (Wildman–Crippen MR) is 61.5 cm³/mol. The van der Waals surface area contributed by atoms with E-state index in [1.807, 2.05) is 0 Å². The monoisotopic (exact) mass is 244 g/mol. The third kappa shape index (κ3) is 2.04. The molecule has 0 saturated carbocycles. The summed E-state index contributed by atoms with van der Waals surface area (Å²) in [4.78, 5) is 38.3. The molecular formula is C8H13N4O3P. The summed E-state index contributed by atoms with van der Waals surface area (Å²) in [5.74, 6) is -0.671. The standard InChI is InChI=1S/C8H13N4O3P/c1-4-11-7(14)10-5(6(13)9-2)12(16-3)8(11)15/h16H,4H2,1-3H3,(H,9,13). The second-order valence-corrected chi connectivity index (χ2v) is 3.78. The van der Waals surface area contributed by atoms with Crippen molar-refractivity contribution in [2.45, 2.75) is 13.5 Å². The second-order valence-electron chi connectivity index (χ2n) is 2.88. The zero-order chi connectivity index (χ0) is 12.3. The van der Waals surface area contributed by atoms with Crippen molar-refractivity contribution in [1.29, 1.82) is 0 Å². The Balaban J connectivity index is 3.60. The summed E-state index contributed by atoms with van der Waals surface area (Å²) in [5.41, 5.74) is -1.19. The molecule has 0 saturated heterocycles. The SMILES string of the molecule is CCn1c(=O)nc(C(=O)NC)n(PC)c1=O. The fourth-order valence-corrected chi connectivity index (χ4v) is 1.91. The average Bonchev–Trinajstić information content (AvgIpc) is 2.28. The molecule has 1 atom stereocenters. The van der Waals surface area contributed by atoms with Crippen LogP contribution >= 0.6 is 8.73 Å². The lowest BCUT2D eigenvalue weighted by molar-refractivity contribution is 0.0949. The van der Waals surface area contributed by atoms with Crippen molar-refractivity contribution in [1.82, 2.24) is 19.2 Å².